The second kappa shape index (κ2) is 5.83. The van der Waals surface area contributed by atoms with Crippen LogP contribution in [0.15, 0.2) is 18.2 Å². The van der Waals surface area contributed by atoms with E-state index in [-0.39, 0.29) is 12.4 Å². The van der Waals surface area contributed by atoms with Crippen LogP contribution in [0.4, 0.5) is 5.69 Å². The summed E-state index contributed by atoms with van der Waals surface area (Å²) in [6.45, 7) is 4.43. The monoisotopic (exact) mass is 304 g/mol. The summed E-state index contributed by atoms with van der Waals surface area (Å²) in [5.74, 6) is 0. The van der Waals surface area contributed by atoms with E-state index >= 15 is 0 Å². The van der Waals surface area contributed by atoms with Gasteiger partial charge in [-0.1, -0.05) is 29.3 Å². The van der Waals surface area contributed by atoms with Gasteiger partial charge in [-0.25, -0.2) is 0 Å². The number of anilines is 1. The number of nitrogens with zero attached hydrogens (tertiary/aromatic N) is 2. The molecule has 0 spiro atoms. The lowest BCUT2D eigenvalue weighted by molar-refractivity contribution is -0.00000353. The van der Waals surface area contributed by atoms with Crippen molar-refractivity contribution in [1.29, 1.82) is 0 Å². The van der Waals surface area contributed by atoms with E-state index in [1.54, 1.807) is 6.07 Å². The van der Waals surface area contributed by atoms with E-state index in [1.165, 1.54) is 0 Å². The van der Waals surface area contributed by atoms with Crippen LogP contribution in [-0.2, 0) is 6.54 Å². The normalized spacial score (nSPS) is 10.2. The summed E-state index contributed by atoms with van der Waals surface area (Å²) >= 11 is 12.0. The summed E-state index contributed by atoms with van der Waals surface area (Å²) in [7, 11) is 0. The Hall–Kier alpha value is -0.900. The van der Waals surface area contributed by atoms with Crippen molar-refractivity contribution in [2.45, 2.75) is 20.4 Å². The largest absolute Gasteiger partial charge is 1.00 e. The maximum absolute atomic E-state index is 6.12. The Morgan fingerprint density at radius 3 is 2.44 bits per heavy atom. The number of nitrogen functional groups attached to an aromatic ring is 1. The molecule has 0 radical (unpaired) electrons. The molecule has 0 unspecified atom stereocenters. The highest BCUT2D eigenvalue weighted by Gasteiger charge is 2.10. The lowest BCUT2D eigenvalue weighted by atomic mass is 10.2. The molecule has 0 aliphatic rings. The third-order valence-corrected chi connectivity index (χ3v) is 3.36. The van der Waals surface area contributed by atoms with Crippen LogP contribution in [0.1, 0.15) is 17.0 Å². The molecule has 0 saturated heterocycles. The quantitative estimate of drug-likeness (QED) is 0.875. The number of nitrogens with two attached hydrogens (primary N) is 1. The van der Waals surface area contributed by atoms with E-state index in [1.807, 2.05) is 30.7 Å². The molecule has 0 aliphatic carbocycles. The van der Waals surface area contributed by atoms with Crippen molar-refractivity contribution in [3.63, 3.8) is 0 Å². The lowest BCUT2D eigenvalue weighted by Crippen LogP contribution is -3.00. The van der Waals surface area contributed by atoms with Crippen molar-refractivity contribution in [3.8, 4) is 0 Å². The molecule has 2 rings (SSSR count). The van der Waals surface area contributed by atoms with Gasteiger partial charge in [-0.05, 0) is 31.5 Å². The van der Waals surface area contributed by atoms with Crippen molar-refractivity contribution in [2.24, 2.45) is 0 Å². The fourth-order valence-corrected chi connectivity index (χ4v) is 2.14. The van der Waals surface area contributed by atoms with Gasteiger partial charge in [0.25, 0.3) is 0 Å². The highest BCUT2D eigenvalue weighted by Crippen LogP contribution is 2.23. The Kier molecular flexibility index (Phi) is 4.91. The molecule has 98 valence electrons. The van der Waals surface area contributed by atoms with Gasteiger partial charge in [0, 0.05) is 10.0 Å². The average molecular weight is 306 g/mol. The van der Waals surface area contributed by atoms with E-state index in [2.05, 4.69) is 5.10 Å². The molecule has 0 fully saturated rings. The van der Waals surface area contributed by atoms with Gasteiger partial charge in [0.2, 0.25) is 0 Å². The Bertz CT molecular complexity index is 564. The Morgan fingerprint density at radius 1 is 1.28 bits per heavy atom. The molecule has 18 heavy (non-hydrogen) atoms. The summed E-state index contributed by atoms with van der Waals surface area (Å²) in [6, 6.07) is 5.45. The summed E-state index contributed by atoms with van der Waals surface area (Å²) in [6.07, 6.45) is 0. The zero-order valence-corrected chi connectivity index (χ0v) is 12.3. The Balaban J connectivity index is 0.00000162. The van der Waals surface area contributed by atoms with Gasteiger partial charge in [0.05, 0.1) is 23.6 Å². The highest BCUT2D eigenvalue weighted by atomic mass is 35.5. The summed E-state index contributed by atoms with van der Waals surface area (Å²) in [4.78, 5) is 0. The minimum atomic E-state index is 0. The van der Waals surface area contributed by atoms with Crippen LogP contribution in [0.2, 0.25) is 10.0 Å². The first kappa shape index (κ1) is 15.2. The van der Waals surface area contributed by atoms with Crippen molar-refractivity contribution >= 4 is 28.9 Å². The van der Waals surface area contributed by atoms with Gasteiger partial charge in [0.15, 0.2) is 0 Å². The fraction of sp³-hybridized carbons (Fsp3) is 0.250. The number of hydrogen-bond donors (Lipinski definition) is 1. The molecule has 0 atom stereocenters. The molecule has 1 heterocycles. The summed E-state index contributed by atoms with van der Waals surface area (Å²) in [5.41, 5.74) is 9.38. The first-order chi connectivity index (χ1) is 7.99. The van der Waals surface area contributed by atoms with Gasteiger partial charge in [-0.3, -0.25) is 4.68 Å². The molecule has 6 heteroatoms. The number of rotatable bonds is 2. The van der Waals surface area contributed by atoms with Crippen LogP contribution in [0.3, 0.4) is 0 Å². The summed E-state index contributed by atoms with van der Waals surface area (Å²) in [5, 5.41) is 5.64. The van der Waals surface area contributed by atoms with Gasteiger partial charge in [-0.2, -0.15) is 5.10 Å². The molecule has 1 aromatic carbocycles. The smallest absolute Gasteiger partial charge is 0.0826 e. The number of aryl methyl sites for hydroxylation is 1. The van der Waals surface area contributed by atoms with Crippen LogP contribution >= 0.6 is 23.2 Å². The zero-order chi connectivity index (χ0) is 12.6. The van der Waals surface area contributed by atoms with Crippen molar-refractivity contribution in [1.82, 2.24) is 9.78 Å². The van der Waals surface area contributed by atoms with Crippen molar-refractivity contribution in [2.75, 3.05) is 5.73 Å². The molecule has 2 N–H and O–H groups in total. The van der Waals surface area contributed by atoms with E-state index in [9.17, 15) is 0 Å². The highest BCUT2D eigenvalue weighted by molar-refractivity contribution is 6.35. The first-order valence-corrected chi connectivity index (χ1v) is 5.98. The van der Waals surface area contributed by atoms with E-state index < -0.39 is 0 Å². The van der Waals surface area contributed by atoms with Crippen LogP contribution in [0.5, 0.6) is 0 Å². The Morgan fingerprint density at radius 2 is 1.94 bits per heavy atom. The summed E-state index contributed by atoms with van der Waals surface area (Å²) < 4.78 is 1.85. The van der Waals surface area contributed by atoms with Gasteiger partial charge in [0.1, 0.15) is 0 Å². The van der Waals surface area contributed by atoms with E-state index in [0.29, 0.717) is 16.6 Å². The van der Waals surface area contributed by atoms with Crippen molar-refractivity contribution in [3.05, 3.63) is 45.2 Å². The topological polar surface area (TPSA) is 43.8 Å². The molecule has 1 aromatic heterocycles. The average Bonchev–Trinajstić information content (AvgIpc) is 2.50. The first-order valence-electron chi connectivity index (χ1n) is 5.22. The molecule has 3 nitrogen and oxygen atoms in total. The molecular weight excluding hydrogens is 293 g/mol. The van der Waals surface area contributed by atoms with Crippen LogP contribution < -0.4 is 18.1 Å². The predicted molar refractivity (Wildman–Crippen MR) is 71.7 cm³/mol. The number of benzene rings is 1. The predicted octanol–water partition coefficient (Wildman–Crippen LogP) is 0.441. The minimum absolute atomic E-state index is 0. The minimum Gasteiger partial charge on any atom is -1.00 e. The fourth-order valence-electron chi connectivity index (χ4n) is 1.68. The van der Waals surface area contributed by atoms with Gasteiger partial charge in [-0.15, -0.1) is 0 Å². The molecular formula is C12H13Cl3N3-. The number of hydrogen-bond acceptors (Lipinski definition) is 2. The number of halogens is 3. The molecule has 0 bridgehead atoms. The second-order valence-electron chi connectivity index (χ2n) is 3.98. The van der Waals surface area contributed by atoms with Gasteiger partial charge >= 0.3 is 0 Å². The lowest BCUT2D eigenvalue weighted by Gasteiger charge is -2.07. The van der Waals surface area contributed by atoms with E-state index in [0.717, 1.165) is 22.6 Å². The third-order valence-electron chi connectivity index (χ3n) is 2.77. The zero-order valence-electron chi connectivity index (χ0n) is 10.0. The third kappa shape index (κ3) is 2.91. The number of aromatic nitrogens is 2. The Labute approximate surface area is 122 Å². The van der Waals surface area contributed by atoms with Crippen molar-refractivity contribution < 1.29 is 12.4 Å². The molecule has 0 aliphatic heterocycles. The van der Waals surface area contributed by atoms with Crippen LogP contribution in [0.25, 0.3) is 0 Å². The molecule has 0 amide bonds. The van der Waals surface area contributed by atoms with Crippen LogP contribution in [0, 0.1) is 13.8 Å². The SMILES string of the molecule is Cc1nn(Cc2ccc(Cl)cc2Cl)c(C)c1N.[Cl-]. The standard InChI is InChI=1S/C12H13Cl2N3.ClH/c1-7-12(15)8(2)17(16-7)6-9-3-4-10(13)5-11(9)14;/h3-5H,6,15H2,1-2H3;1H/p-1. The molecule has 0 saturated carbocycles. The van der Waals surface area contributed by atoms with Gasteiger partial charge < -0.3 is 18.1 Å². The van der Waals surface area contributed by atoms with Crippen LogP contribution in [-0.4, -0.2) is 9.78 Å². The van der Waals surface area contributed by atoms with E-state index in [4.69, 9.17) is 28.9 Å². The maximum Gasteiger partial charge on any atom is 0.0826 e. The molecule has 2 aromatic rings. The second-order valence-corrected chi connectivity index (χ2v) is 4.82. The maximum atomic E-state index is 6.12.